The molecule has 2 heteroatoms. The molecule has 1 aromatic rings. The highest BCUT2D eigenvalue weighted by molar-refractivity contribution is 5.96. The van der Waals surface area contributed by atoms with Crippen LogP contribution in [0.3, 0.4) is 0 Å². The van der Waals surface area contributed by atoms with Crippen molar-refractivity contribution in [2.45, 2.75) is 39.0 Å². The molecule has 2 rings (SSSR count). The zero-order chi connectivity index (χ0) is 12.1. The van der Waals surface area contributed by atoms with Crippen molar-refractivity contribution in [1.29, 1.82) is 0 Å². The van der Waals surface area contributed by atoms with Gasteiger partial charge in [-0.2, -0.15) is 0 Å². The number of Topliss-reactive ketones (excluding diaryl/α,β-unsaturated/α-hetero) is 1. The van der Waals surface area contributed by atoms with E-state index in [-0.39, 0.29) is 5.78 Å². The molecule has 1 aromatic carbocycles. The van der Waals surface area contributed by atoms with Crippen LogP contribution >= 0.6 is 0 Å². The summed E-state index contributed by atoms with van der Waals surface area (Å²) in [5, 5.41) is 0. The van der Waals surface area contributed by atoms with Crippen LogP contribution in [0.2, 0.25) is 0 Å². The monoisotopic (exact) mass is 232 g/mol. The molecule has 2 nitrogen and oxygen atoms in total. The molecule has 0 radical (unpaired) electrons. The van der Waals surface area contributed by atoms with Crippen molar-refractivity contribution in [2.75, 3.05) is 6.61 Å². The van der Waals surface area contributed by atoms with E-state index in [4.69, 9.17) is 4.74 Å². The van der Waals surface area contributed by atoms with Crippen LogP contribution in [0.4, 0.5) is 0 Å². The van der Waals surface area contributed by atoms with Crippen molar-refractivity contribution in [2.24, 2.45) is 5.92 Å². The topological polar surface area (TPSA) is 26.3 Å². The second kappa shape index (κ2) is 5.85. The van der Waals surface area contributed by atoms with Crippen LogP contribution in [-0.2, 0) is 0 Å². The maximum atomic E-state index is 11.9. The molecule has 0 saturated heterocycles. The van der Waals surface area contributed by atoms with Gasteiger partial charge in [-0.05, 0) is 30.9 Å². The summed E-state index contributed by atoms with van der Waals surface area (Å²) in [5.41, 5.74) is 0.791. The van der Waals surface area contributed by atoms with Crippen molar-refractivity contribution < 1.29 is 9.53 Å². The lowest BCUT2D eigenvalue weighted by atomic mass is 10.0. The molecule has 0 unspecified atom stereocenters. The van der Waals surface area contributed by atoms with E-state index in [9.17, 15) is 4.79 Å². The van der Waals surface area contributed by atoms with Crippen LogP contribution in [0.25, 0.3) is 0 Å². The van der Waals surface area contributed by atoms with Crippen LogP contribution in [-0.4, -0.2) is 12.4 Å². The molecule has 1 saturated carbocycles. The molecule has 0 aliphatic heterocycles. The maximum absolute atomic E-state index is 11.9. The highest BCUT2D eigenvalue weighted by atomic mass is 16.5. The lowest BCUT2D eigenvalue weighted by Crippen LogP contribution is -2.01. The molecule has 0 spiro atoms. The molecule has 1 fully saturated rings. The first-order valence-electron chi connectivity index (χ1n) is 6.55. The SMILES string of the molecule is CCCOc1cccc(C(=O)CCC2CC2)c1. The summed E-state index contributed by atoms with van der Waals surface area (Å²) in [5.74, 6) is 1.88. The van der Waals surface area contributed by atoms with Gasteiger partial charge in [0.1, 0.15) is 5.75 Å². The summed E-state index contributed by atoms with van der Waals surface area (Å²) < 4.78 is 5.53. The molecular formula is C15H20O2. The second-order valence-electron chi connectivity index (χ2n) is 4.78. The Morgan fingerprint density at radius 1 is 1.41 bits per heavy atom. The lowest BCUT2D eigenvalue weighted by Gasteiger charge is -2.06. The molecule has 1 aliphatic carbocycles. The van der Waals surface area contributed by atoms with Crippen LogP contribution in [0.15, 0.2) is 24.3 Å². The smallest absolute Gasteiger partial charge is 0.163 e. The highest BCUT2D eigenvalue weighted by Gasteiger charge is 2.22. The summed E-state index contributed by atoms with van der Waals surface area (Å²) in [7, 11) is 0. The molecule has 0 heterocycles. The van der Waals surface area contributed by atoms with Gasteiger partial charge in [0.2, 0.25) is 0 Å². The van der Waals surface area contributed by atoms with Crippen molar-refractivity contribution >= 4 is 5.78 Å². The fourth-order valence-electron chi connectivity index (χ4n) is 1.87. The Bertz CT molecular complexity index is 380. The quantitative estimate of drug-likeness (QED) is 0.667. The van der Waals surface area contributed by atoms with Crippen LogP contribution in [0, 0.1) is 5.92 Å². The van der Waals surface area contributed by atoms with E-state index in [1.54, 1.807) is 0 Å². The van der Waals surface area contributed by atoms with Gasteiger partial charge in [-0.25, -0.2) is 0 Å². The zero-order valence-corrected chi connectivity index (χ0v) is 10.4. The molecule has 0 atom stereocenters. The number of rotatable bonds is 7. The molecule has 0 aromatic heterocycles. The molecule has 0 amide bonds. The summed E-state index contributed by atoms with van der Waals surface area (Å²) in [6, 6.07) is 7.56. The van der Waals surface area contributed by atoms with Crippen molar-refractivity contribution in [1.82, 2.24) is 0 Å². The number of ketones is 1. The van der Waals surface area contributed by atoms with Gasteiger partial charge in [0, 0.05) is 12.0 Å². The fourth-order valence-corrected chi connectivity index (χ4v) is 1.87. The number of carbonyl (C=O) groups is 1. The van der Waals surface area contributed by atoms with Gasteiger partial charge >= 0.3 is 0 Å². The van der Waals surface area contributed by atoms with E-state index in [2.05, 4.69) is 6.92 Å². The van der Waals surface area contributed by atoms with Crippen LogP contribution in [0.5, 0.6) is 5.75 Å². The predicted octanol–water partition coefficient (Wildman–Crippen LogP) is 3.85. The molecule has 92 valence electrons. The predicted molar refractivity (Wildman–Crippen MR) is 68.5 cm³/mol. The molecule has 0 N–H and O–H groups in total. The van der Waals surface area contributed by atoms with E-state index < -0.39 is 0 Å². The fraction of sp³-hybridized carbons (Fsp3) is 0.533. The van der Waals surface area contributed by atoms with Crippen molar-refractivity contribution in [3.63, 3.8) is 0 Å². The van der Waals surface area contributed by atoms with E-state index in [0.29, 0.717) is 13.0 Å². The summed E-state index contributed by atoms with van der Waals surface area (Å²) in [6.45, 7) is 2.78. The minimum atomic E-state index is 0.249. The van der Waals surface area contributed by atoms with Crippen LogP contribution < -0.4 is 4.74 Å². The van der Waals surface area contributed by atoms with Gasteiger partial charge in [-0.1, -0.05) is 31.9 Å². The number of ether oxygens (including phenoxy) is 1. The summed E-state index contributed by atoms with van der Waals surface area (Å²) >= 11 is 0. The molecule has 0 bridgehead atoms. The van der Waals surface area contributed by atoms with Gasteiger partial charge in [0.25, 0.3) is 0 Å². The summed E-state index contributed by atoms with van der Waals surface area (Å²) in [4.78, 5) is 11.9. The van der Waals surface area contributed by atoms with E-state index >= 15 is 0 Å². The normalized spacial score (nSPS) is 14.6. The van der Waals surface area contributed by atoms with Crippen molar-refractivity contribution in [3.05, 3.63) is 29.8 Å². The van der Waals surface area contributed by atoms with Gasteiger partial charge in [0.15, 0.2) is 5.78 Å². The Labute approximate surface area is 103 Å². The third-order valence-corrected chi connectivity index (χ3v) is 3.11. The van der Waals surface area contributed by atoms with Gasteiger partial charge in [-0.3, -0.25) is 4.79 Å². The maximum Gasteiger partial charge on any atom is 0.163 e. The molecule has 17 heavy (non-hydrogen) atoms. The minimum Gasteiger partial charge on any atom is -0.494 e. The third kappa shape index (κ3) is 3.88. The molecular weight excluding hydrogens is 212 g/mol. The van der Waals surface area contributed by atoms with E-state index in [1.165, 1.54) is 12.8 Å². The first kappa shape index (κ1) is 12.2. The second-order valence-corrected chi connectivity index (χ2v) is 4.78. The van der Waals surface area contributed by atoms with Crippen molar-refractivity contribution in [3.8, 4) is 5.75 Å². The van der Waals surface area contributed by atoms with E-state index in [0.717, 1.165) is 30.1 Å². The Balaban J connectivity index is 1.91. The Morgan fingerprint density at radius 3 is 2.94 bits per heavy atom. The standard InChI is InChI=1S/C15H20O2/c1-2-10-17-14-5-3-4-13(11-14)15(16)9-8-12-6-7-12/h3-5,11-12H,2,6-10H2,1H3. The average Bonchev–Trinajstić information content (AvgIpc) is 3.18. The van der Waals surface area contributed by atoms with Crippen LogP contribution in [0.1, 0.15) is 49.4 Å². The third-order valence-electron chi connectivity index (χ3n) is 3.11. The Morgan fingerprint density at radius 2 is 2.24 bits per heavy atom. The number of hydrogen-bond acceptors (Lipinski definition) is 2. The highest BCUT2D eigenvalue weighted by Crippen LogP contribution is 2.33. The first-order chi connectivity index (χ1) is 8.29. The number of hydrogen-bond donors (Lipinski definition) is 0. The summed E-state index contributed by atoms with van der Waals surface area (Å²) in [6.07, 6.45) is 5.35. The lowest BCUT2D eigenvalue weighted by molar-refractivity contribution is 0.0977. The number of carbonyl (C=O) groups excluding carboxylic acids is 1. The van der Waals surface area contributed by atoms with Gasteiger partial charge in [0.05, 0.1) is 6.61 Å². The Hall–Kier alpha value is -1.31. The zero-order valence-electron chi connectivity index (χ0n) is 10.4. The molecule has 1 aliphatic rings. The minimum absolute atomic E-state index is 0.249. The number of benzene rings is 1. The first-order valence-corrected chi connectivity index (χ1v) is 6.55. The van der Waals surface area contributed by atoms with E-state index in [1.807, 2.05) is 24.3 Å². The van der Waals surface area contributed by atoms with Gasteiger partial charge in [-0.15, -0.1) is 0 Å². The largest absolute Gasteiger partial charge is 0.494 e. The van der Waals surface area contributed by atoms with Gasteiger partial charge < -0.3 is 4.74 Å². The average molecular weight is 232 g/mol. The Kier molecular flexibility index (Phi) is 4.18.